The lowest BCUT2D eigenvalue weighted by Crippen LogP contribution is -2.57. The summed E-state index contributed by atoms with van der Waals surface area (Å²) in [4.78, 5) is 14.2. The van der Waals surface area contributed by atoms with Crippen LogP contribution in [0.3, 0.4) is 0 Å². The van der Waals surface area contributed by atoms with Crippen molar-refractivity contribution >= 4 is 0 Å². The molecule has 5 heterocycles. The van der Waals surface area contributed by atoms with E-state index in [-0.39, 0.29) is 12.4 Å². The largest absolute Gasteiger partial charge is 0.379 e. The molecule has 1 saturated carbocycles. The average Bonchev–Trinajstić information content (AvgIpc) is 3.60. The molecule has 0 spiro atoms. The van der Waals surface area contributed by atoms with Crippen LogP contribution < -0.4 is 16.1 Å². The van der Waals surface area contributed by atoms with Crippen LogP contribution in [0.1, 0.15) is 51.4 Å². The highest BCUT2D eigenvalue weighted by atomic mass is 16.7. The summed E-state index contributed by atoms with van der Waals surface area (Å²) in [5, 5.41) is 7.67. The molecule has 0 radical (unpaired) electrons. The number of nitrogens with zero attached hydrogens (tertiary/aromatic N) is 3. The van der Waals surface area contributed by atoms with Crippen LogP contribution in [0.15, 0.2) is 0 Å². The Kier molecular flexibility index (Phi) is 7.24. The van der Waals surface area contributed by atoms with Crippen LogP contribution in [0, 0.1) is 17.8 Å². The van der Waals surface area contributed by atoms with Crippen molar-refractivity contribution in [2.45, 2.75) is 82.0 Å². The van der Waals surface area contributed by atoms with E-state index in [9.17, 15) is 0 Å². The minimum Gasteiger partial charge on any atom is -0.379 e. The number of ether oxygens (including phenoxy) is 1. The van der Waals surface area contributed by atoms with Gasteiger partial charge in [-0.1, -0.05) is 12.8 Å². The predicted octanol–water partition coefficient (Wildman–Crippen LogP) is 1.01. The van der Waals surface area contributed by atoms with Crippen LogP contribution in [-0.4, -0.2) is 105 Å². The fraction of sp³-hybridized carbons (Fsp3) is 1.00. The van der Waals surface area contributed by atoms with E-state index >= 15 is 0 Å². The van der Waals surface area contributed by atoms with E-state index in [4.69, 9.17) is 9.57 Å². The molecule has 0 aromatic rings. The monoisotopic (exact) mass is 462 g/mol. The number of morpholine rings is 1. The maximum absolute atomic E-state index is 6.20. The minimum absolute atomic E-state index is 0.121. The van der Waals surface area contributed by atoms with Gasteiger partial charge in [0.15, 0.2) is 0 Å². The summed E-state index contributed by atoms with van der Waals surface area (Å²) in [5.74, 6) is 2.33. The second-order valence-electron chi connectivity index (χ2n) is 11.6. The molecule has 1 aliphatic carbocycles. The Morgan fingerprint density at radius 3 is 2.61 bits per heavy atom. The zero-order chi connectivity index (χ0) is 22.2. The van der Waals surface area contributed by atoms with Gasteiger partial charge in [-0.05, 0) is 64.0 Å². The lowest BCUT2D eigenvalue weighted by atomic mass is 9.79. The highest BCUT2D eigenvalue weighted by Crippen LogP contribution is 2.40. The van der Waals surface area contributed by atoms with Crippen LogP contribution in [0.4, 0.5) is 0 Å². The standard InChI is InChI=1S/C25H46N6O2/c1-29-16-19(20-5-2-3-6-21(20)29)17-31-10-4-7-22(31)25-27-24(28-33-25)18-8-9-23(26-15-18)30-11-13-32-14-12-30/h18-28H,2-17H2,1H3. The number of rotatable bonds is 5. The van der Waals surface area contributed by atoms with Crippen molar-refractivity contribution in [1.82, 2.24) is 30.8 Å². The molecule has 33 heavy (non-hydrogen) atoms. The third kappa shape index (κ3) is 4.87. The Labute approximate surface area is 200 Å². The maximum Gasteiger partial charge on any atom is 0.146 e. The average molecular weight is 463 g/mol. The normalized spacial score (nSPS) is 46.1. The zero-order valence-corrected chi connectivity index (χ0v) is 20.6. The Hall–Kier alpha value is -0.320. The van der Waals surface area contributed by atoms with Crippen LogP contribution >= 0.6 is 0 Å². The van der Waals surface area contributed by atoms with Crippen LogP contribution in [0.2, 0.25) is 0 Å². The highest BCUT2D eigenvalue weighted by Gasteiger charge is 2.45. The number of hydroxylamine groups is 1. The van der Waals surface area contributed by atoms with Gasteiger partial charge in [-0.15, -0.1) is 0 Å². The number of hydrogen-bond acceptors (Lipinski definition) is 8. The molecule has 3 N–H and O–H groups in total. The van der Waals surface area contributed by atoms with Crippen molar-refractivity contribution in [1.29, 1.82) is 0 Å². The molecule has 0 bridgehead atoms. The number of fused-ring (bicyclic) bond motifs is 1. The molecule has 0 amide bonds. The Morgan fingerprint density at radius 1 is 0.909 bits per heavy atom. The summed E-state index contributed by atoms with van der Waals surface area (Å²) in [6.07, 6.45) is 11.6. The molecular weight excluding hydrogens is 416 g/mol. The number of hydrogen-bond donors (Lipinski definition) is 3. The molecular formula is C25H46N6O2. The molecule has 8 unspecified atom stereocenters. The van der Waals surface area contributed by atoms with E-state index in [1.165, 1.54) is 71.0 Å². The quantitative estimate of drug-likeness (QED) is 0.560. The lowest BCUT2D eigenvalue weighted by molar-refractivity contribution is -0.0289. The zero-order valence-electron chi connectivity index (χ0n) is 20.6. The molecule has 6 fully saturated rings. The fourth-order valence-electron chi connectivity index (χ4n) is 7.96. The van der Waals surface area contributed by atoms with E-state index in [1.807, 2.05) is 0 Å². The second kappa shape index (κ2) is 10.3. The summed E-state index contributed by atoms with van der Waals surface area (Å²) in [7, 11) is 2.36. The van der Waals surface area contributed by atoms with Gasteiger partial charge >= 0.3 is 0 Å². The van der Waals surface area contributed by atoms with Gasteiger partial charge in [-0.25, -0.2) is 0 Å². The van der Waals surface area contributed by atoms with Gasteiger partial charge in [0.05, 0.1) is 31.6 Å². The third-order valence-corrected chi connectivity index (χ3v) is 9.76. The van der Waals surface area contributed by atoms with Crippen LogP contribution in [0.25, 0.3) is 0 Å². The topological polar surface area (TPSA) is 64.3 Å². The van der Waals surface area contributed by atoms with Gasteiger partial charge in [0.25, 0.3) is 0 Å². The maximum atomic E-state index is 6.20. The van der Waals surface area contributed by atoms with E-state index in [0.717, 1.165) is 50.7 Å². The van der Waals surface area contributed by atoms with Crippen molar-refractivity contribution in [3.05, 3.63) is 0 Å². The van der Waals surface area contributed by atoms with Crippen molar-refractivity contribution < 1.29 is 9.57 Å². The molecule has 0 aromatic carbocycles. The predicted molar refractivity (Wildman–Crippen MR) is 128 cm³/mol. The third-order valence-electron chi connectivity index (χ3n) is 9.76. The molecule has 188 valence electrons. The van der Waals surface area contributed by atoms with E-state index < -0.39 is 0 Å². The summed E-state index contributed by atoms with van der Waals surface area (Å²) >= 11 is 0. The summed E-state index contributed by atoms with van der Waals surface area (Å²) in [5.41, 5.74) is 3.39. The fourth-order valence-corrected chi connectivity index (χ4v) is 7.96. The first kappa shape index (κ1) is 23.1. The Bertz CT molecular complexity index is 640. The van der Waals surface area contributed by atoms with Crippen molar-refractivity contribution in [2.75, 3.05) is 59.5 Å². The molecule has 6 aliphatic rings. The Balaban J connectivity index is 0.999. The number of nitrogens with one attached hydrogen (secondary N) is 3. The van der Waals surface area contributed by atoms with E-state index in [2.05, 4.69) is 37.9 Å². The molecule has 6 rings (SSSR count). The Morgan fingerprint density at radius 2 is 1.76 bits per heavy atom. The molecule has 8 atom stereocenters. The summed E-state index contributed by atoms with van der Waals surface area (Å²) in [6.45, 7) is 8.70. The molecule has 5 saturated heterocycles. The molecule has 8 nitrogen and oxygen atoms in total. The van der Waals surface area contributed by atoms with Gasteiger partial charge in [-0.3, -0.25) is 20.0 Å². The summed E-state index contributed by atoms with van der Waals surface area (Å²) in [6, 6.07) is 1.35. The van der Waals surface area contributed by atoms with Crippen molar-refractivity contribution in [3.8, 4) is 0 Å². The lowest BCUT2D eigenvalue weighted by Gasteiger charge is -2.40. The molecule has 8 heteroatoms. The second-order valence-corrected chi connectivity index (χ2v) is 11.6. The van der Waals surface area contributed by atoms with Gasteiger partial charge in [-0.2, -0.15) is 5.48 Å². The number of piperidine rings is 1. The van der Waals surface area contributed by atoms with Gasteiger partial charge < -0.3 is 15.0 Å². The van der Waals surface area contributed by atoms with Gasteiger partial charge in [0.2, 0.25) is 0 Å². The molecule has 5 aliphatic heterocycles. The minimum atomic E-state index is 0.121. The first-order valence-electron chi connectivity index (χ1n) is 13.9. The smallest absolute Gasteiger partial charge is 0.146 e. The van der Waals surface area contributed by atoms with Crippen LogP contribution in [0.5, 0.6) is 0 Å². The van der Waals surface area contributed by atoms with Crippen LogP contribution in [-0.2, 0) is 9.57 Å². The SMILES string of the molecule is CN1CC(CN2CCCC2C2NC(C3CCC(N4CCOCC4)NC3)NO2)C2CCCCC21. The van der Waals surface area contributed by atoms with Gasteiger partial charge in [0.1, 0.15) is 6.23 Å². The number of likely N-dealkylation sites (tertiary alicyclic amines) is 2. The molecule has 0 aromatic heterocycles. The van der Waals surface area contributed by atoms with E-state index in [0.29, 0.717) is 18.1 Å². The van der Waals surface area contributed by atoms with Crippen molar-refractivity contribution in [2.24, 2.45) is 17.8 Å². The van der Waals surface area contributed by atoms with Gasteiger partial charge in [0, 0.05) is 44.7 Å². The van der Waals surface area contributed by atoms with Crippen molar-refractivity contribution in [3.63, 3.8) is 0 Å². The highest BCUT2D eigenvalue weighted by molar-refractivity contribution is 4.98. The first-order chi connectivity index (χ1) is 16.3. The summed E-state index contributed by atoms with van der Waals surface area (Å²) < 4.78 is 5.52. The first-order valence-corrected chi connectivity index (χ1v) is 13.9. The van der Waals surface area contributed by atoms with E-state index in [1.54, 1.807) is 0 Å².